The van der Waals surface area contributed by atoms with E-state index in [1.807, 2.05) is 31.2 Å². The molecule has 7 heteroatoms. The molecule has 2 rings (SSSR count). The van der Waals surface area contributed by atoms with Crippen molar-refractivity contribution in [1.29, 1.82) is 0 Å². The maximum atomic E-state index is 11.7. The summed E-state index contributed by atoms with van der Waals surface area (Å²) in [6.45, 7) is 2.40. The Bertz CT molecular complexity index is 748. The molecule has 0 fully saturated rings. The molecule has 0 unspecified atom stereocenters. The Morgan fingerprint density at radius 1 is 1.38 bits per heavy atom. The minimum atomic E-state index is -0.466. The topological polar surface area (TPSA) is 70.5 Å². The number of hydrogen-bond donors (Lipinski definition) is 1. The molecular weight excluding hydrogens is 336 g/mol. The highest BCUT2D eigenvalue weighted by Crippen LogP contribution is 2.14. The van der Waals surface area contributed by atoms with Gasteiger partial charge in [-0.2, -0.15) is 5.10 Å². The normalized spacial score (nSPS) is 11.0. The number of nitrogens with one attached hydrogen (secondary N) is 1. The number of nitrogens with zero attached hydrogens (tertiary/aromatic N) is 3. The lowest BCUT2D eigenvalue weighted by molar-refractivity contribution is 0.756. The van der Waals surface area contributed by atoms with Crippen LogP contribution in [-0.2, 0) is 7.05 Å². The average molecular weight is 351 g/mol. The van der Waals surface area contributed by atoms with Gasteiger partial charge >= 0.3 is 5.69 Å². The average Bonchev–Trinajstić information content (AvgIpc) is 2.47. The fourth-order valence-corrected chi connectivity index (χ4v) is 2.10. The molecule has 0 spiro atoms. The number of aromatic amines is 1. The van der Waals surface area contributed by atoms with E-state index in [9.17, 15) is 9.59 Å². The van der Waals surface area contributed by atoms with Gasteiger partial charge in [0.05, 0.1) is 6.21 Å². The van der Waals surface area contributed by atoms with Gasteiger partial charge in [0.25, 0.3) is 5.56 Å². The van der Waals surface area contributed by atoms with Crippen LogP contribution < -0.4 is 16.3 Å². The van der Waals surface area contributed by atoms with Gasteiger partial charge in [-0.1, -0.05) is 34.1 Å². The molecule has 0 aliphatic carbocycles. The summed E-state index contributed by atoms with van der Waals surface area (Å²) in [6.07, 6.45) is 1.67. The van der Waals surface area contributed by atoms with Crippen molar-refractivity contribution >= 4 is 28.0 Å². The second-order valence-electron chi connectivity index (χ2n) is 4.34. The number of rotatable bonds is 4. The number of anilines is 1. The number of H-pyrrole nitrogens is 1. The Balaban J connectivity index is 2.35. The first kappa shape index (κ1) is 15.2. The smallest absolute Gasteiger partial charge is 0.292 e. The zero-order chi connectivity index (χ0) is 15.4. The van der Waals surface area contributed by atoms with E-state index >= 15 is 0 Å². The van der Waals surface area contributed by atoms with Crippen molar-refractivity contribution in [3.8, 4) is 0 Å². The molecule has 1 aromatic carbocycles. The van der Waals surface area contributed by atoms with Crippen molar-refractivity contribution in [3.05, 3.63) is 61.2 Å². The molecule has 0 aliphatic rings. The van der Waals surface area contributed by atoms with E-state index in [0.29, 0.717) is 12.4 Å². The summed E-state index contributed by atoms with van der Waals surface area (Å²) in [4.78, 5) is 25.9. The van der Waals surface area contributed by atoms with Crippen LogP contribution in [0.5, 0.6) is 0 Å². The Morgan fingerprint density at radius 2 is 2.10 bits per heavy atom. The lowest BCUT2D eigenvalue weighted by Crippen LogP contribution is -2.34. The molecule has 21 heavy (non-hydrogen) atoms. The SMILES string of the molecule is CCN(/N=C/c1ccccc1Br)c1cc(=O)n(C)c(=O)[nH]1. The summed E-state index contributed by atoms with van der Waals surface area (Å²) in [7, 11) is 1.42. The summed E-state index contributed by atoms with van der Waals surface area (Å²) in [6, 6.07) is 8.99. The number of hydrogen-bond acceptors (Lipinski definition) is 4. The fourth-order valence-electron chi connectivity index (χ4n) is 1.71. The lowest BCUT2D eigenvalue weighted by Gasteiger charge is -2.16. The summed E-state index contributed by atoms with van der Waals surface area (Å²) in [5.41, 5.74) is 0.0671. The van der Waals surface area contributed by atoms with E-state index in [4.69, 9.17) is 0 Å². The van der Waals surface area contributed by atoms with Gasteiger partial charge < -0.3 is 0 Å². The van der Waals surface area contributed by atoms with Crippen molar-refractivity contribution in [1.82, 2.24) is 9.55 Å². The predicted molar refractivity (Wildman–Crippen MR) is 87.1 cm³/mol. The molecular formula is C14H15BrN4O2. The van der Waals surface area contributed by atoms with Gasteiger partial charge in [0.1, 0.15) is 5.82 Å². The van der Waals surface area contributed by atoms with Crippen LogP contribution in [0.2, 0.25) is 0 Å². The number of halogens is 1. The van der Waals surface area contributed by atoms with Crippen molar-refractivity contribution in [2.45, 2.75) is 6.92 Å². The minimum Gasteiger partial charge on any atom is -0.292 e. The molecule has 1 aromatic heterocycles. The third kappa shape index (κ3) is 3.49. The molecule has 0 aliphatic heterocycles. The van der Waals surface area contributed by atoms with E-state index in [1.54, 1.807) is 11.2 Å². The van der Waals surface area contributed by atoms with E-state index in [0.717, 1.165) is 14.6 Å². The first-order valence-corrected chi connectivity index (χ1v) is 7.18. The Kier molecular flexibility index (Phi) is 4.74. The van der Waals surface area contributed by atoms with Crippen LogP contribution in [0.15, 0.2) is 49.5 Å². The quantitative estimate of drug-likeness (QED) is 0.673. The Morgan fingerprint density at radius 3 is 2.71 bits per heavy atom. The monoisotopic (exact) mass is 350 g/mol. The zero-order valence-electron chi connectivity index (χ0n) is 11.7. The summed E-state index contributed by atoms with van der Waals surface area (Å²) >= 11 is 3.44. The summed E-state index contributed by atoms with van der Waals surface area (Å²) in [5.74, 6) is 0.369. The van der Waals surface area contributed by atoms with Crippen molar-refractivity contribution in [3.63, 3.8) is 0 Å². The third-order valence-corrected chi connectivity index (χ3v) is 3.67. The van der Waals surface area contributed by atoms with Crippen LogP contribution in [0.25, 0.3) is 0 Å². The molecule has 0 bridgehead atoms. The van der Waals surface area contributed by atoms with Crippen LogP contribution in [0, 0.1) is 0 Å². The number of aromatic nitrogens is 2. The van der Waals surface area contributed by atoms with Crippen LogP contribution in [-0.4, -0.2) is 22.3 Å². The number of hydrazone groups is 1. The maximum absolute atomic E-state index is 11.7. The van der Waals surface area contributed by atoms with Crippen LogP contribution >= 0.6 is 15.9 Å². The van der Waals surface area contributed by atoms with Gasteiger partial charge in [0.2, 0.25) is 0 Å². The maximum Gasteiger partial charge on any atom is 0.329 e. The minimum absolute atomic E-state index is 0.369. The molecule has 1 heterocycles. The van der Waals surface area contributed by atoms with E-state index in [1.165, 1.54) is 13.1 Å². The largest absolute Gasteiger partial charge is 0.329 e. The van der Waals surface area contributed by atoms with Gasteiger partial charge in [-0.15, -0.1) is 0 Å². The summed E-state index contributed by atoms with van der Waals surface area (Å²) < 4.78 is 1.93. The zero-order valence-corrected chi connectivity index (χ0v) is 13.3. The van der Waals surface area contributed by atoms with Crippen LogP contribution in [0.3, 0.4) is 0 Å². The lowest BCUT2D eigenvalue weighted by atomic mass is 10.2. The first-order valence-electron chi connectivity index (χ1n) is 6.39. The van der Waals surface area contributed by atoms with Crippen LogP contribution in [0.1, 0.15) is 12.5 Å². The van der Waals surface area contributed by atoms with Gasteiger partial charge in [0.15, 0.2) is 0 Å². The van der Waals surface area contributed by atoms with Gasteiger partial charge in [-0.25, -0.2) is 9.80 Å². The van der Waals surface area contributed by atoms with E-state index < -0.39 is 5.69 Å². The molecule has 0 radical (unpaired) electrons. The molecule has 2 aromatic rings. The first-order chi connectivity index (χ1) is 10.0. The second kappa shape index (κ2) is 6.53. The molecule has 0 saturated carbocycles. The highest BCUT2D eigenvalue weighted by molar-refractivity contribution is 9.10. The standard InChI is InChI=1S/C14H15BrN4O2/c1-3-19(12-8-13(20)18(2)14(21)17-12)16-9-10-6-4-5-7-11(10)15/h4-9H,3H2,1-2H3,(H,17,21)/b16-9+. The predicted octanol–water partition coefficient (Wildman–Crippen LogP) is 1.70. The van der Waals surface area contributed by atoms with Crippen molar-refractivity contribution in [2.24, 2.45) is 12.1 Å². The van der Waals surface area contributed by atoms with E-state index in [2.05, 4.69) is 26.0 Å². The molecule has 6 nitrogen and oxygen atoms in total. The van der Waals surface area contributed by atoms with Gasteiger partial charge in [0, 0.05) is 29.7 Å². The molecule has 0 amide bonds. The summed E-state index contributed by atoms with van der Waals surface area (Å²) in [5, 5.41) is 5.87. The Labute approximate surface area is 129 Å². The molecule has 0 saturated heterocycles. The van der Waals surface area contributed by atoms with Gasteiger partial charge in [-0.3, -0.25) is 14.3 Å². The molecule has 1 N–H and O–H groups in total. The molecule has 110 valence electrons. The second-order valence-corrected chi connectivity index (χ2v) is 5.19. The van der Waals surface area contributed by atoms with E-state index in [-0.39, 0.29) is 5.56 Å². The third-order valence-electron chi connectivity index (χ3n) is 2.95. The Hall–Kier alpha value is -2.15. The highest BCUT2D eigenvalue weighted by Gasteiger charge is 2.07. The van der Waals surface area contributed by atoms with Crippen molar-refractivity contribution < 1.29 is 0 Å². The fraction of sp³-hybridized carbons (Fsp3) is 0.214. The highest BCUT2D eigenvalue weighted by atomic mass is 79.9. The van der Waals surface area contributed by atoms with Crippen LogP contribution in [0.4, 0.5) is 5.82 Å². The van der Waals surface area contributed by atoms with Gasteiger partial charge in [-0.05, 0) is 13.0 Å². The van der Waals surface area contributed by atoms with Crippen molar-refractivity contribution in [2.75, 3.05) is 11.6 Å². The number of benzene rings is 1. The molecule has 0 atom stereocenters.